The number of nitrogens with one attached hydrogen (secondary N) is 1. The summed E-state index contributed by atoms with van der Waals surface area (Å²) in [5, 5.41) is 23.4. The average Bonchev–Trinajstić information content (AvgIpc) is 3.05. The van der Waals surface area contributed by atoms with E-state index in [1.807, 2.05) is 61.5 Å². The number of carbonyl (C=O) groups excluding carboxylic acids is 2. The van der Waals surface area contributed by atoms with Gasteiger partial charge in [-0.15, -0.1) is 0 Å². The van der Waals surface area contributed by atoms with Gasteiger partial charge in [0, 0.05) is 45.5 Å². The van der Waals surface area contributed by atoms with Gasteiger partial charge >= 0.3 is 0 Å². The smallest absolute Gasteiger partial charge is 0.251 e. The molecule has 32 heavy (non-hydrogen) atoms. The maximum absolute atomic E-state index is 12.6. The first-order chi connectivity index (χ1) is 15.3. The molecule has 1 aliphatic rings. The Morgan fingerprint density at radius 1 is 0.938 bits per heavy atom. The standard InChI is InChI=1S/C24H31N3O5/c1-26(2)18-11-9-17(10-12-18)24(31)25-14-20-23(30)22(29)19(32-20)13-21(28)27(3)15-16-7-5-4-6-8-16/h4-12,19-20,22-23,29-30H,13-15H2,1-3H3,(H,25,31)/t19-,20+,22-,23+/m0/s1. The van der Waals surface area contributed by atoms with E-state index in [9.17, 15) is 19.8 Å². The number of rotatable bonds is 8. The lowest BCUT2D eigenvalue weighted by molar-refractivity contribution is -0.134. The maximum atomic E-state index is 12.6. The Bertz CT molecular complexity index is 904. The van der Waals surface area contributed by atoms with Crippen LogP contribution in [0.1, 0.15) is 22.3 Å². The molecule has 2 aromatic carbocycles. The maximum Gasteiger partial charge on any atom is 0.251 e. The number of aliphatic hydroxyl groups is 2. The summed E-state index contributed by atoms with van der Waals surface area (Å²) in [4.78, 5) is 28.5. The molecule has 0 radical (unpaired) electrons. The van der Waals surface area contributed by atoms with Gasteiger partial charge in [0.25, 0.3) is 5.91 Å². The Hall–Kier alpha value is -2.94. The first kappa shape index (κ1) is 23.7. The minimum Gasteiger partial charge on any atom is -0.388 e. The topological polar surface area (TPSA) is 102 Å². The largest absolute Gasteiger partial charge is 0.388 e. The number of nitrogens with zero attached hydrogens (tertiary/aromatic N) is 2. The van der Waals surface area contributed by atoms with Crippen LogP contribution < -0.4 is 10.2 Å². The third-order valence-electron chi connectivity index (χ3n) is 5.64. The molecule has 0 saturated carbocycles. The van der Waals surface area contributed by atoms with Crippen molar-refractivity contribution in [1.82, 2.24) is 10.2 Å². The lowest BCUT2D eigenvalue weighted by Gasteiger charge is -2.21. The van der Waals surface area contributed by atoms with Gasteiger partial charge in [-0.3, -0.25) is 9.59 Å². The Balaban J connectivity index is 1.50. The van der Waals surface area contributed by atoms with Crippen molar-refractivity contribution in [2.45, 2.75) is 37.4 Å². The molecular weight excluding hydrogens is 410 g/mol. The Morgan fingerprint density at radius 3 is 2.19 bits per heavy atom. The Morgan fingerprint density at radius 2 is 1.56 bits per heavy atom. The Labute approximate surface area is 188 Å². The number of anilines is 1. The molecule has 3 N–H and O–H groups in total. The highest BCUT2D eigenvalue weighted by atomic mass is 16.5. The summed E-state index contributed by atoms with van der Waals surface area (Å²) in [6, 6.07) is 16.7. The second-order valence-electron chi connectivity index (χ2n) is 8.29. The lowest BCUT2D eigenvalue weighted by Crippen LogP contribution is -2.40. The van der Waals surface area contributed by atoms with E-state index in [1.165, 1.54) is 0 Å². The van der Waals surface area contributed by atoms with E-state index < -0.39 is 24.4 Å². The molecule has 1 aliphatic heterocycles. The van der Waals surface area contributed by atoms with Gasteiger partial charge < -0.3 is 30.1 Å². The van der Waals surface area contributed by atoms with Crippen LogP contribution in [0.5, 0.6) is 0 Å². The molecule has 2 aromatic rings. The second-order valence-corrected chi connectivity index (χ2v) is 8.29. The summed E-state index contributed by atoms with van der Waals surface area (Å²) in [7, 11) is 5.52. The van der Waals surface area contributed by atoms with E-state index in [0.717, 1.165) is 11.3 Å². The highest BCUT2D eigenvalue weighted by Crippen LogP contribution is 2.24. The molecule has 1 heterocycles. The van der Waals surface area contributed by atoms with Crippen LogP contribution in [0.4, 0.5) is 5.69 Å². The summed E-state index contributed by atoms with van der Waals surface area (Å²) < 4.78 is 5.72. The molecule has 0 aliphatic carbocycles. The summed E-state index contributed by atoms with van der Waals surface area (Å²) in [5.41, 5.74) is 2.46. The predicted octanol–water partition coefficient (Wildman–Crippen LogP) is 1.02. The quantitative estimate of drug-likeness (QED) is 0.565. The van der Waals surface area contributed by atoms with E-state index in [1.54, 1.807) is 24.1 Å². The zero-order chi connectivity index (χ0) is 23.3. The SMILES string of the molecule is CN(Cc1ccccc1)C(=O)C[C@@H]1O[C@H](CNC(=O)c2ccc(N(C)C)cc2)[C@@H](O)[C@H]1O. The molecule has 0 spiro atoms. The van der Waals surface area contributed by atoms with E-state index in [2.05, 4.69) is 5.32 Å². The van der Waals surface area contributed by atoms with Gasteiger partial charge in [-0.1, -0.05) is 30.3 Å². The molecule has 172 valence electrons. The van der Waals surface area contributed by atoms with Crippen molar-refractivity contribution in [3.63, 3.8) is 0 Å². The van der Waals surface area contributed by atoms with Crippen molar-refractivity contribution in [1.29, 1.82) is 0 Å². The fourth-order valence-electron chi connectivity index (χ4n) is 3.64. The molecular formula is C24H31N3O5. The molecule has 3 rings (SSSR count). The van der Waals surface area contributed by atoms with Gasteiger partial charge in [0.15, 0.2) is 0 Å². The molecule has 0 bridgehead atoms. The number of ether oxygens (including phenoxy) is 1. The first-order valence-electron chi connectivity index (χ1n) is 10.6. The fourth-order valence-corrected chi connectivity index (χ4v) is 3.64. The summed E-state index contributed by atoms with van der Waals surface area (Å²) in [6.45, 7) is 0.466. The predicted molar refractivity (Wildman–Crippen MR) is 121 cm³/mol. The minimum atomic E-state index is -1.20. The van der Waals surface area contributed by atoms with Gasteiger partial charge in [-0.25, -0.2) is 0 Å². The van der Waals surface area contributed by atoms with Crippen LogP contribution in [0.3, 0.4) is 0 Å². The second kappa shape index (κ2) is 10.6. The van der Waals surface area contributed by atoms with Gasteiger partial charge in [-0.05, 0) is 29.8 Å². The van der Waals surface area contributed by atoms with Crippen LogP contribution in [-0.4, -0.2) is 79.0 Å². The van der Waals surface area contributed by atoms with Gasteiger partial charge in [0.2, 0.25) is 5.91 Å². The van der Waals surface area contributed by atoms with E-state index in [-0.39, 0.29) is 24.8 Å². The van der Waals surface area contributed by atoms with E-state index in [4.69, 9.17) is 4.74 Å². The van der Waals surface area contributed by atoms with E-state index >= 15 is 0 Å². The van der Waals surface area contributed by atoms with Crippen molar-refractivity contribution in [2.75, 3.05) is 32.6 Å². The number of hydrogen-bond acceptors (Lipinski definition) is 6. The zero-order valence-electron chi connectivity index (χ0n) is 18.6. The van der Waals surface area contributed by atoms with Crippen LogP contribution >= 0.6 is 0 Å². The highest BCUT2D eigenvalue weighted by molar-refractivity contribution is 5.94. The van der Waals surface area contributed by atoms with Gasteiger partial charge in [-0.2, -0.15) is 0 Å². The fraction of sp³-hybridized carbons (Fsp3) is 0.417. The number of benzene rings is 2. The van der Waals surface area contributed by atoms with Crippen molar-refractivity contribution in [3.05, 3.63) is 65.7 Å². The molecule has 1 fully saturated rings. The summed E-state index contributed by atoms with van der Waals surface area (Å²) in [6.07, 6.45) is -4.09. The summed E-state index contributed by atoms with van der Waals surface area (Å²) in [5.74, 6) is -0.501. The van der Waals surface area contributed by atoms with Crippen molar-refractivity contribution in [3.8, 4) is 0 Å². The van der Waals surface area contributed by atoms with Crippen LogP contribution in [0, 0.1) is 0 Å². The molecule has 0 aromatic heterocycles. The third-order valence-corrected chi connectivity index (χ3v) is 5.64. The Kier molecular flexibility index (Phi) is 7.84. The van der Waals surface area contributed by atoms with Crippen LogP contribution in [0.15, 0.2) is 54.6 Å². The van der Waals surface area contributed by atoms with Gasteiger partial charge in [0.05, 0.1) is 12.5 Å². The number of carbonyl (C=O) groups is 2. The summed E-state index contributed by atoms with van der Waals surface area (Å²) >= 11 is 0. The molecule has 2 amide bonds. The molecule has 8 nitrogen and oxygen atoms in total. The number of aliphatic hydroxyl groups excluding tert-OH is 2. The molecule has 0 unspecified atom stereocenters. The van der Waals surface area contributed by atoms with Crippen molar-refractivity contribution >= 4 is 17.5 Å². The van der Waals surface area contributed by atoms with Crippen LogP contribution in [0.2, 0.25) is 0 Å². The monoisotopic (exact) mass is 441 g/mol. The van der Waals surface area contributed by atoms with Gasteiger partial charge in [0.1, 0.15) is 18.3 Å². The van der Waals surface area contributed by atoms with Crippen molar-refractivity contribution < 1.29 is 24.5 Å². The zero-order valence-corrected chi connectivity index (χ0v) is 18.6. The average molecular weight is 442 g/mol. The number of hydrogen-bond donors (Lipinski definition) is 3. The van der Waals surface area contributed by atoms with Crippen LogP contribution in [-0.2, 0) is 16.1 Å². The molecule has 4 atom stereocenters. The lowest BCUT2D eigenvalue weighted by atomic mass is 10.0. The number of amides is 2. The first-order valence-corrected chi connectivity index (χ1v) is 10.6. The molecule has 1 saturated heterocycles. The molecule has 8 heteroatoms. The van der Waals surface area contributed by atoms with E-state index in [0.29, 0.717) is 12.1 Å². The highest BCUT2D eigenvalue weighted by Gasteiger charge is 2.43. The normalized spacial score (nSPS) is 22.4. The van der Waals surface area contributed by atoms with Crippen LogP contribution in [0.25, 0.3) is 0 Å². The van der Waals surface area contributed by atoms with Crippen molar-refractivity contribution in [2.24, 2.45) is 0 Å². The third kappa shape index (κ3) is 5.85. The minimum absolute atomic E-state index is 0.0248.